The third kappa shape index (κ3) is 5.74. The molecule has 1 spiro atoms. The number of likely N-dealkylation sites (tertiary alicyclic amines) is 1. The van der Waals surface area contributed by atoms with E-state index in [2.05, 4.69) is 55.6 Å². The largest absolute Gasteiger partial charge is 0.347 e. The quantitative estimate of drug-likeness (QED) is 0.588. The van der Waals surface area contributed by atoms with Gasteiger partial charge < -0.3 is 10.2 Å². The summed E-state index contributed by atoms with van der Waals surface area (Å²) >= 11 is 0. The molecule has 33 heavy (non-hydrogen) atoms. The van der Waals surface area contributed by atoms with Crippen LogP contribution in [0.25, 0.3) is 6.08 Å². The minimum absolute atomic E-state index is 0.0290. The number of fused-ring (bicyclic) bond motifs is 2. The van der Waals surface area contributed by atoms with Crippen LogP contribution in [0.4, 0.5) is 0 Å². The van der Waals surface area contributed by atoms with Crippen molar-refractivity contribution in [3.8, 4) is 0 Å². The molecule has 0 saturated carbocycles. The fourth-order valence-electron chi connectivity index (χ4n) is 5.39. The van der Waals surface area contributed by atoms with Gasteiger partial charge in [-0.2, -0.15) is 0 Å². The molecule has 1 fully saturated rings. The molecule has 5 nitrogen and oxygen atoms in total. The molecule has 0 radical (unpaired) electrons. The second kappa shape index (κ2) is 10.7. The second-order valence-electron chi connectivity index (χ2n) is 10.4. The smallest absolute Gasteiger partial charge is 0.226 e. The van der Waals surface area contributed by atoms with Gasteiger partial charge in [0.1, 0.15) is 0 Å². The first-order valence-corrected chi connectivity index (χ1v) is 12.5. The molecule has 1 aromatic rings. The van der Waals surface area contributed by atoms with E-state index in [1.54, 1.807) is 0 Å². The molecule has 2 amide bonds. The van der Waals surface area contributed by atoms with Crippen molar-refractivity contribution >= 4 is 23.7 Å². The lowest BCUT2D eigenvalue weighted by Crippen LogP contribution is -2.48. The number of carbonyl (C=O) groups excluding carboxylic acids is 3. The van der Waals surface area contributed by atoms with Gasteiger partial charge in [0.2, 0.25) is 11.8 Å². The third-order valence-electron chi connectivity index (χ3n) is 7.59. The Kier molecular flexibility index (Phi) is 8.14. The molecule has 0 bridgehead atoms. The van der Waals surface area contributed by atoms with Crippen LogP contribution in [-0.4, -0.2) is 41.6 Å². The van der Waals surface area contributed by atoms with Crippen molar-refractivity contribution in [3.63, 3.8) is 0 Å². The van der Waals surface area contributed by atoms with E-state index in [9.17, 15) is 14.4 Å². The van der Waals surface area contributed by atoms with Crippen LogP contribution in [0.5, 0.6) is 0 Å². The number of carbonyl (C=O) groups is 3. The van der Waals surface area contributed by atoms with E-state index in [4.69, 9.17) is 0 Å². The summed E-state index contributed by atoms with van der Waals surface area (Å²) in [5.41, 5.74) is 2.69. The van der Waals surface area contributed by atoms with Gasteiger partial charge in [-0.3, -0.25) is 14.4 Å². The molecule has 5 heteroatoms. The summed E-state index contributed by atoms with van der Waals surface area (Å²) < 4.78 is 0. The van der Waals surface area contributed by atoms with Crippen LogP contribution < -0.4 is 5.32 Å². The van der Waals surface area contributed by atoms with Gasteiger partial charge in [0, 0.05) is 37.8 Å². The average Bonchev–Trinajstić information content (AvgIpc) is 3.14. The first-order chi connectivity index (χ1) is 15.7. The van der Waals surface area contributed by atoms with Crippen LogP contribution in [0.2, 0.25) is 0 Å². The Balaban J connectivity index is 1.69. The van der Waals surface area contributed by atoms with Crippen LogP contribution in [0.15, 0.2) is 30.3 Å². The summed E-state index contributed by atoms with van der Waals surface area (Å²) in [6, 6.07) is 8.02. The standard InChI is InChI=1S/C28H40N2O3/c1-6-20(4)23(18-26(32)25(17-19(2)3)29-21(5)31)27(33)30-15-13-28(14-16-30)12-11-22-9-7-8-10-24(22)28/h7-12,19-20,23,25H,6,13-18H2,1-5H3,(H,29,31)/t20-,23-,25-/m0/s1. The Morgan fingerprint density at radius 1 is 1.09 bits per heavy atom. The lowest BCUT2D eigenvalue weighted by molar-refractivity contribution is -0.141. The minimum atomic E-state index is -0.522. The van der Waals surface area contributed by atoms with Crippen LogP contribution in [0, 0.1) is 17.8 Å². The van der Waals surface area contributed by atoms with E-state index >= 15 is 0 Å². The van der Waals surface area contributed by atoms with Gasteiger partial charge in [0.05, 0.1) is 6.04 Å². The van der Waals surface area contributed by atoms with Gasteiger partial charge >= 0.3 is 0 Å². The third-order valence-corrected chi connectivity index (χ3v) is 7.59. The first-order valence-electron chi connectivity index (χ1n) is 12.5. The van der Waals surface area contributed by atoms with Crippen molar-refractivity contribution in [1.82, 2.24) is 10.2 Å². The molecule has 1 aliphatic heterocycles. The minimum Gasteiger partial charge on any atom is -0.347 e. The molecule has 1 aromatic carbocycles. The topological polar surface area (TPSA) is 66.5 Å². The molecule has 1 N–H and O–H groups in total. The summed E-state index contributed by atoms with van der Waals surface area (Å²) in [5, 5.41) is 2.81. The monoisotopic (exact) mass is 452 g/mol. The van der Waals surface area contributed by atoms with Gasteiger partial charge in [-0.25, -0.2) is 0 Å². The van der Waals surface area contributed by atoms with Crippen LogP contribution >= 0.6 is 0 Å². The Morgan fingerprint density at radius 3 is 2.36 bits per heavy atom. The zero-order valence-electron chi connectivity index (χ0n) is 20.9. The molecule has 0 unspecified atom stereocenters. The molecule has 2 aliphatic rings. The highest BCUT2D eigenvalue weighted by atomic mass is 16.2. The van der Waals surface area contributed by atoms with Crippen molar-refractivity contribution in [2.45, 2.75) is 78.2 Å². The number of Topliss-reactive ketones (excluding diaryl/α,β-unsaturated/α-hetero) is 1. The summed E-state index contributed by atoms with van der Waals surface area (Å²) in [7, 11) is 0. The van der Waals surface area contributed by atoms with Gasteiger partial charge in [-0.15, -0.1) is 0 Å². The SMILES string of the molecule is CC[C@H](C)[C@H](CC(=O)[C@H](CC(C)C)NC(C)=O)C(=O)N1CCC2(C=Cc3ccccc32)CC1. The Morgan fingerprint density at radius 2 is 1.76 bits per heavy atom. The number of rotatable bonds is 9. The molecule has 1 aliphatic carbocycles. The predicted octanol–water partition coefficient (Wildman–Crippen LogP) is 4.75. The number of hydrogen-bond donors (Lipinski definition) is 1. The van der Waals surface area contributed by atoms with Crippen molar-refractivity contribution in [2.24, 2.45) is 17.8 Å². The van der Waals surface area contributed by atoms with Crippen LogP contribution in [0.3, 0.4) is 0 Å². The molecule has 180 valence electrons. The number of nitrogens with one attached hydrogen (secondary N) is 1. The zero-order chi connectivity index (χ0) is 24.2. The van der Waals surface area contributed by atoms with Crippen LogP contribution in [0.1, 0.15) is 77.8 Å². The van der Waals surface area contributed by atoms with Crippen LogP contribution in [-0.2, 0) is 19.8 Å². The zero-order valence-corrected chi connectivity index (χ0v) is 20.9. The van der Waals surface area contributed by atoms with Crippen molar-refractivity contribution < 1.29 is 14.4 Å². The van der Waals surface area contributed by atoms with E-state index < -0.39 is 6.04 Å². The molecule has 1 saturated heterocycles. The molecule has 0 aromatic heterocycles. The number of allylic oxidation sites excluding steroid dienone is 1. The molecular formula is C28H40N2O3. The highest BCUT2D eigenvalue weighted by molar-refractivity contribution is 5.92. The maximum absolute atomic E-state index is 13.6. The molecule has 1 heterocycles. The molecule has 3 rings (SSSR count). The summed E-state index contributed by atoms with van der Waals surface area (Å²) in [6.45, 7) is 11.1. The van der Waals surface area contributed by atoms with E-state index in [0.29, 0.717) is 19.5 Å². The predicted molar refractivity (Wildman–Crippen MR) is 133 cm³/mol. The first kappa shape index (κ1) is 25.2. The summed E-state index contributed by atoms with van der Waals surface area (Å²) in [5.74, 6) is -0.0868. The van der Waals surface area contributed by atoms with E-state index in [-0.39, 0.29) is 47.2 Å². The normalized spacial score (nSPS) is 19.3. The Labute approximate surface area is 199 Å². The number of piperidine rings is 1. The maximum atomic E-state index is 13.6. The van der Waals surface area contributed by atoms with E-state index in [0.717, 1.165) is 19.3 Å². The Bertz CT molecular complexity index is 896. The number of hydrogen-bond acceptors (Lipinski definition) is 3. The molecule has 3 atom stereocenters. The van der Waals surface area contributed by atoms with E-state index in [1.807, 2.05) is 18.7 Å². The number of amides is 2. The number of nitrogens with zero attached hydrogens (tertiary/aromatic N) is 1. The van der Waals surface area contributed by atoms with Crippen molar-refractivity contribution in [2.75, 3.05) is 13.1 Å². The molecular weight excluding hydrogens is 412 g/mol. The Hall–Kier alpha value is -2.43. The summed E-state index contributed by atoms with van der Waals surface area (Å²) in [6.07, 6.45) is 7.98. The van der Waals surface area contributed by atoms with E-state index in [1.165, 1.54) is 18.1 Å². The average molecular weight is 453 g/mol. The van der Waals surface area contributed by atoms with Crippen molar-refractivity contribution in [1.29, 1.82) is 0 Å². The fourth-order valence-corrected chi connectivity index (χ4v) is 5.39. The highest BCUT2D eigenvalue weighted by Gasteiger charge is 2.41. The van der Waals surface area contributed by atoms with Gasteiger partial charge in [0.15, 0.2) is 5.78 Å². The number of ketones is 1. The van der Waals surface area contributed by atoms with Gasteiger partial charge in [-0.1, -0.05) is 70.5 Å². The van der Waals surface area contributed by atoms with Gasteiger partial charge in [-0.05, 0) is 42.2 Å². The van der Waals surface area contributed by atoms with Crippen molar-refractivity contribution in [3.05, 3.63) is 41.5 Å². The number of benzene rings is 1. The lowest BCUT2D eigenvalue weighted by atomic mass is 9.74. The lowest BCUT2D eigenvalue weighted by Gasteiger charge is -2.41. The fraction of sp³-hybridized carbons (Fsp3) is 0.607. The highest BCUT2D eigenvalue weighted by Crippen LogP contribution is 2.44. The maximum Gasteiger partial charge on any atom is 0.226 e. The summed E-state index contributed by atoms with van der Waals surface area (Å²) in [4.78, 5) is 40.4. The second-order valence-corrected chi connectivity index (χ2v) is 10.4. The van der Waals surface area contributed by atoms with Gasteiger partial charge in [0.25, 0.3) is 0 Å².